The number of hydrogen-bond acceptors (Lipinski definition) is 0. The summed E-state index contributed by atoms with van der Waals surface area (Å²) in [7, 11) is 0. The fraction of sp³-hybridized carbons (Fsp3) is 0. The molecule has 0 aliphatic carbocycles. The van der Waals surface area contributed by atoms with Crippen molar-refractivity contribution in [1.82, 2.24) is 4.57 Å². The van der Waals surface area contributed by atoms with Crippen molar-refractivity contribution in [3.8, 4) is 5.69 Å². The van der Waals surface area contributed by atoms with Gasteiger partial charge in [-0.05, 0) is 36.4 Å². The van der Waals surface area contributed by atoms with E-state index in [1.165, 1.54) is 6.07 Å². The molecular weight excluding hydrogens is 304 g/mol. The lowest BCUT2D eigenvalue weighted by Gasteiger charge is -2.07. The maximum atomic E-state index is 14.3. The molecule has 0 fully saturated rings. The van der Waals surface area contributed by atoms with E-state index in [4.69, 9.17) is 11.6 Å². The van der Waals surface area contributed by atoms with Crippen molar-refractivity contribution in [3.05, 3.63) is 77.3 Å². The number of hydrogen-bond donors (Lipinski definition) is 0. The molecule has 4 heteroatoms. The Bertz CT molecular complexity index is 1010. The van der Waals surface area contributed by atoms with Gasteiger partial charge in [0.2, 0.25) is 0 Å². The second kappa shape index (κ2) is 4.82. The lowest BCUT2D eigenvalue weighted by Crippen LogP contribution is -1.93. The smallest absolute Gasteiger partial charge is 0.136 e. The average molecular weight is 314 g/mol. The third-order valence-electron chi connectivity index (χ3n) is 3.76. The molecular formula is C18H10ClF2N. The first-order valence-electron chi connectivity index (χ1n) is 6.79. The molecule has 4 rings (SSSR count). The number of nitrogens with zero attached hydrogens (tertiary/aromatic N) is 1. The quantitative estimate of drug-likeness (QED) is 0.424. The molecule has 0 aliphatic rings. The summed E-state index contributed by atoms with van der Waals surface area (Å²) in [6, 6.07) is 17.0. The molecule has 0 N–H and O–H groups in total. The first-order valence-corrected chi connectivity index (χ1v) is 7.17. The maximum absolute atomic E-state index is 14.3. The lowest BCUT2D eigenvalue weighted by molar-refractivity contribution is 0.592. The topological polar surface area (TPSA) is 4.93 Å². The second-order valence-corrected chi connectivity index (χ2v) is 5.55. The minimum Gasteiger partial charge on any atom is -0.309 e. The molecule has 3 aromatic carbocycles. The van der Waals surface area contributed by atoms with Crippen molar-refractivity contribution < 1.29 is 8.78 Å². The summed E-state index contributed by atoms with van der Waals surface area (Å²) < 4.78 is 29.9. The van der Waals surface area contributed by atoms with Crippen LogP contribution in [0.15, 0.2) is 60.7 Å². The van der Waals surface area contributed by atoms with E-state index in [0.29, 0.717) is 21.3 Å². The molecule has 0 unspecified atom stereocenters. The van der Waals surface area contributed by atoms with Crippen LogP contribution in [0.4, 0.5) is 8.78 Å². The SMILES string of the molecule is Fc1cc(F)c2c3cc(Cl)ccc3n(-c3ccccc3)c2c1. The fourth-order valence-electron chi connectivity index (χ4n) is 2.89. The summed E-state index contributed by atoms with van der Waals surface area (Å²) in [5, 5.41) is 1.56. The van der Waals surface area contributed by atoms with E-state index in [9.17, 15) is 8.78 Å². The van der Waals surface area contributed by atoms with E-state index < -0.39 is 11.6 Å². The number of rotatable bonds is 1. The van der Waals surface area contributed by atoms with Crippen molar-refractivity contribution in [3.63, 3.8) is 0 Å². The minimum atomic E-state index is -0.601. The molecule has 0 amide bonds. The Morgan fingerprint density at radius 1 is 0.818 bits per heavy atom. The summed E-state index contributed by atoms with van der Waals surface area (Å²) in [5.74, 6) is -1.19. The second-order valence-electron chi connectivity index (χ2n) is 5.11. The van der Waals surface area contributed by atoms with Crippen LogP contribution < -0.4 is 0 Å². The molecule has 0 spiro atoms. The van der Waals surface area contributed by atoms with E-state index in [2.05, 4.69) is 0 Å². The van der Waals surface area contributed by atoms with Crippen LogP contribution in [0, 0.1) is 11.6 Å². The molecule has 4 aromatic rings. The van der Waals surface area contributed by atoms with Crippen molar-refractivity contribution in [2.24, 2.45) is 0 Å². The van der Waals surface area contributed by atoms with Gasteiger partial charge in [-0.25, -0.2) is 8.78 Å². The van der Waals surface area contributed by atoms with Gasteiger partial charge in [-0.3, -0.25) is 0 Å². The van der Waals surface area contributed by atoms with Gasteiger partial charge in [-0.2, -0.15) is 0 Å². The average Bonchev–Trinajstić information content (AvgIpc) is 2.81. The molecule has 0 bridgehead atoms. The molecule has 0 aliphatic heterocycles. The van der Waals surface area contributed by atoms with Crippen molar-refractivity contribution in [2.75, 3.05) is 0 Å². The van der Waals surface area contributed by atoms with E-state index in [1.54, 1.807) is 12.1 Å². The summed E-state index contributed by atoms with van der Waals surface area (Å²) in [6.07, 6.45) is 0. The van der Waals surface area contributed by atoms with Gasteiger partial charge in [0.05, 0.1) is 11.0 Å². The lowest BCUT2D eigenvalue weighted by atomic mass is 10.1. The van der Waals surface area contributed by atoms with Gasteiger partial charge in [0.25, 0.3) is 0 Å². The van der Waals surface area contributed by atoms with Gasteiger partial charge < -0.3 is 4.57 Å². The maximum Gasteiger partial charge on any atom is 0.136 e. The third kappa shape index (κ3) is 1.90. The Morgan fingerprint density at radius 3 is 2.36 bits per heavy atom. The molecule has 1 aromatic heterocycles. The van der Waals surface area contributed by atoms with Gasteiger partial charge in [0.1, 0.15) is 11.6 Å². The highest BCUT2D eigenvalue weighted by Gasteiger charge is 2.17. The van der Waals surface area contributed by atoms with Crippen LogP contribution in [0.25, 0.3) is 27.5 Å². The first-order chi connectivity index (χ1) is 10.6. The van der Waals surface area contributed by atoms with Crippen LogP contribution >= 0.6 is 11.6 Å². The van der Waals surface area contributed by atoms with Crippen molar-refractivity contribution in [1.29, 1.82) is 0 Å². The Balaban J connectivity index is 2.27. The molecule has 1 heterocycles. The summed E-state index contributed by atoms with van der Waals surface area (Å²) in [4.78, 5) is 0. The molecule has 0 saturated carbocycles. The van der Waals surface area contributed by atoms with E-state index in [1.807, 2.05) is 41.0 Å². The zero-order chi connectivity index (χ0) is 15.3. The highest BCUT2D eigenvalue weighted by Crippen LogP contribution is 2.35. The number of aromatic nitrogens is 1. The van der Waals surface area contributed by atoms with E-state index >= 15 is 0 Å². The predicted molar refractivity (Wildman–Crippen MR) is 85.7 cm³/mol. The highest BCUT2D eigenvalue weighted by atomic mass is 35.5. The number of fused-ring (bicyclic) bond motifs is 3. The molecule has 108 valence electrons. The molecule has 22 heavy (non-hydrogen) atoms. The third-order valence-corrected chi connectivity index (χ3v) is 3.99. The standard InChI is InChI=1S/C18H10ClF2N/c19-11-6-7-16-14(8-11)18-15(21)9-12(20)10-17(18)22(16)13-4-2-1-3-5-13/h1-10H. The Kier molecular flexibility index (Phi) is 2.91. The summed E-state index contributed by atoms with van der Waals surface area (Å²) >= 11 is 6.05. The molecule has 0 atom stereocenters. The predicted octanol–water partition coefficient (Wildman–Crippen LogP) is 5.72. The van der Waals surface area contributed by atoms with Crippen LogP contribution in [0.1, 0.15) is 0 Å². The van der Waals surface area contributed by atoms with Gasteiger partial charge >= 0.3 is 0 Å². The van der Waals surface area contributed by atoms with E-state index in [0.717, 1.165) is 17.3 Å². The zero-order valence-corrected chi connectivity index (χ0v) is 12.1. The Morgan fingerprint density at radius 2 is 1.59 bits per heavy atom. The van der Waals surface area contributed by atoms with Gasteiger partial charge in [-0.15, -0.1) is 0 Å². The highest BCUT2D eigenvalue weighted by molar-refractivity contribution is 6.32. The van der Waals surface area contributed by atoms with Crippen LogP contribution in [0.5, 0.6) is 0 Å². The van der Waals surface area contributed by atoms with Gasteiger partial charge in [-0.1, -0.05) is 29.8 Å². The first kappa shape index (κ1) is 13.3. The van der Waals surface area contributed by atoms with Crippen LogP contribution in [-0.2, 0) is 0 Å². The summed E-state index contributed by atoms with van der Waals surface area (Å²) in [6.45, 7) is 0. The van der Waals surface area contributed by atoms with Crippen molar-refractivity contribution in [2.45, 2.75) is 0 Å². The van der Waals surface area contributed by atoms with E-state index in [-0.39, 0.29) is 0 Å². The van der Waals surface area contributed by atoms with Crippen molar-refractivity contribution >= 4 is 33.4 Å². The van der Waals surface area contributed by atoms with Crippen LogP contribution in [0.2, 0.25) is 5.02 Å². The number of benzene rings is 3. The molecule has 0 radical (unpaired) electrons. The van der Waals surface area contributed by atoms with Crippen LogP contribution in [0.3, 0.4) is 0 Å². The Labute approximate surface area is 130 Å². The number of halogens is 3. The number of para-hydroxylation sites is 1. The Hall–Kier alpha value is -2.39. The van der Waals surface area contributed by atoms with Gasteiger partial charge in [0.15, 0.2) is 0 Å². The molecule has 1 nitrogen and oxygen atoms in total. The fourth-order valence-corrected chi connectivity index (χ4v) is 3.06. The monoisotopic (exact) mass is 313 g/mol. The minimum absolute atomic E-state index is 0.378. The van der Waals surface area contributed by atoms with Crippen LogP contribution in [-0.4, -0.2) is 4.57 Å². The largest absolute Gasteiger partial charge is 0.309 e. The summed E-state index contributed by atoms with van der Waals surface area (Å²) in [5.41, 5.74) is 2.12. The molecule has 0 saturated heterocycles. The van der Waals surface area contributed by atoms with Gasteiger partial charge in [0, 0.05) is 27.5 Å². The zero-order valence-electron chi connectivity index (χ0n) is 11.4. The normalized spacial score (nSPS) is 11.4.